The molecule has 0 aliphatic carbocycles. The third-order valence-corrected chi connectivity index (χ3v) is 2.17. The first-order chi connectivity index (χ1) is 7.67. The molecule has 0 radical (unpaired) electrons. The summed E-state index contributed by atoms with van der Waals surface area (Å²) < 4.78 is 5.39. The Labute approximate surface area is 95.3 Å². The van der Waals surface area contributed by atoms with Crippen LogP contribution < -0.4 is 10.9 Å². The summed E-state index contributed by atoms with van der Waals surface area (Å²) in [6.45, 7) is 7.85. The molecule has 1 unspecified atom stereocenters. The first kappa shape index (κ1) is 12.9. The lowest BCUT2D eigenvalue weighted by Crippen LogP contribution is -2.20. The van der Waals surface area contributed by atoms with Gasteiger partial charge in [-0.05, 0) is 20.4 Å². The van der Waals surface area contributed by atoms with E-state index in [0.717, 1.165) is 12.2 Å². The fourth-order valence-corrected chi connectivity index (χ4v) is 1.39. The smallest absolute Gasteiger partial charge is 0.251 e. The van der Waals surface area contributed by atoms with Gasteiger partial charge in [-0.1, -0.05) is 6.92 Å². The molecule has 1 aromatic heterocycles. The average molecular weight is 225 g/mol. The van der Waals surface area contributed by atoms with Crippen molar-refractivity contribution in [2.45, 2.75) is 33.4 Å². The van der Waals surface area contributed by atoms with E-state index >= 15 is 0 Å². The molecule has 0 aromatic carbocycles. The summed E-state index contributed by atoms with van der Waals surface area (Å²) in [7, 11) is 0. The van der Waals surface area contributed by atoms with Crippen molar-refractivity contribution < 1.29 is 4.74 Å². The van der Waals surface area contributed by atoms with Crippen molar-refractivity contribution in [2.75, 3.05) is 13.2 Å². The number of rotatable bonds is 6. The molecule has 90 valence electrons. The molecule has 0 saturated carbocycles. The molecule has 0 saturated heterocycles. The Morgan fingerprint density at radius 3 is 2.94 bits per heavy atom. The summed E-state index contributed by atoms with van der Waals surface area (Å²) in [6.07, 6.45) is -0.181. The maximum absolute atomic E-state index is 11.4. The minimum atomic E-state index is -0.181. The van der Waals surface area contributed by atoms with Gasteiger partial charge in [-0.25, -0.2) is 4.98 Å². The summed E-state index contributed by atoms with van der Waals surface area (Å²) in [5, 5.41) is 3.13. The minimum Gasteiger partial charge on any atom is -0.371 e. The fraction of sp³-hybridized carbons (Fsp3) is 0.636. The number of ether oxygens (including phenoxy) is 1. The van der Waals surface area contributed by atoms with Gasteiger partial charge in [0.1, 0.15) is 11.9 Å². The van der Waals surface area contributed by atoms with Crippen LogP contribution in [0.5, 0.6) is 0 Å². The van der Waals surface area contributed by atoms with E-state index in [-0.39, 0.29) is 11.7 Å². The Bertz CT molecular complexity index is 376. The molecular formula is C11H19N3O2. The molecule has 5 heteroatoms. The number of hydrogen-bond donors (Lipinski definition) is 2. The Kier molecular flexibility index (Phi) is 5.14. The molecule has 1 heterocycles. The fourth-order valence-electron chi connectivity index (χ4n) is 1.39. The minimum absolute atomic E-state index is 0.135. The zero-order chi connectivity index (χ0) is 12.0. The Balaban J connectivity index is 2.84. The molecule has 1 atom stereocenters. The van der Waals surface area contributed by atoms with Gasteiger partial charge in [-0.15, -0.1) is 0 Å². The highest BCUT2D eigenvalue weighted by Gasteiger charge is 2.09. The van der Waals surface area contributed by atoms with E-state index < -0.39 is 0 Å². The highest BCUT2D eigenvalue weighted by Crippen LogP contribution is 2.10. The molecule has 0 spiro atoms. The third kappa shape index (κ3) is 3.75. The first-order valence-electron chi connectivity index (χ1n) is 5.59. The normalized spacial score (nSPS) is 12.7. The van der Waals surface area contributed by atoms with Gasteiger partial charge in [0.15, 0.2) is 0 Å². The Hall–Kier alpha value is -1.20. The Morgan fingerprint density at radius 2 is 2.31 bits per heavy atom. The highest BCUT2D eigenvalue weighted by molar-refractivity contribution is 5.04. The van der Waals surface area contributed by atoms with Gasteiger partial charge < -0.3 is 15.0 Å². The van der Waals surface area contributed by atoms with Crippen molar-refractivity contribution in [2.24, 2.45) is 0 Å². The van der Waals surface area contributed by atoms with Gasteiger partial charge >= 0.3 is 0 Å². The molecule has 0 amide bonds. The summed E-state index contributed by atoms with van der Waals surface area (Å²) in [5.74, 6) is 0.585. The molecule has 1 rings (SSSR count). The highest BCUT2D eigenvalue weighted by atomic mass is 16.5. The second-order valence-corrected chi connectivity index (χ2v) is 3.50. The SMILES string of the molecule is CCNCc1cc(=O)[nH]c(C(C)OCC)n1. The van der Waals surface area contributed by atoms with Crippen molar-refractivity contribution in [3.05, 3.63) is 27.9 Å². The van der Waals surface area contributed by atoms with Crippen LogP contribution in [0.15, 0.2) is 10.9 Å². The maximum atomic E-state index is 11.4. The van der Waals surface area contributed by atoms with Gasteiger partial charge in [-0.2, -0.15) is 0 Å². The van der Waals surface area contributed by atoms with Crippen LogP contribution in [0.2, 0.25) is 0 Å². The molecule has 16 heavy (non-hydrogen) atoms. The molecule has 0 aliphatic heterocycles. The first-order valence-corrected chi connectivity index (χ1v) is 5.59. The molecule has 0 aliphatic rings. The van der Waals surface area contributed by atoms with Crippen LogP contribution in [0.25, 0.3) is 0 Å². The van der Waals surface area contributed by atoms with E-state index in [1.54, 1.807) is 0 Å². The number of H-pyrrole nitrogens is 1. The van der Waals surface area contributed by atoms with Crippen LogP contribution in [0.4, 0.5) is 0 Å². The molecule has 5 nitrogen and oxygen atoms in total. The number of nitrogens with one attached hydrogen (secondary N) is 2. The topological polar surface area (TPSA) is 67.0 Å². The van der Waals surface area contributed by atoms with Gasteiger partial charge in [0.2, 0.25) is 0 Å². The summed E-state index contributed by atoms with van der Waals surface area (Å²) in [5.41, 5.74) is 0.608. The average Bonchev–Trinajstić information content (AvgIpc) is 2.26. The van der Waals surface area contributed by atoms with Crippen LogP contribution in [0, 0.1) is 0 Å². The summed E-state index contributed by atoms with van der Waals surface area (Å²) in [4.78, 5) is 18.4. The lowest BCUT2D eigenvalue weighted by atomic mass is 10.3. The van der Waals surface area contributed by atoms with Crippen LogP contribution in [0.1, 0.15) is 38.4 Å². The predicted octanol–water partition coefficient (Wildman–Crippen LogP) is 0.977. The zero-order valence-corrected chi connectivity index (χ0v) is 10.0. The van der Waals surface area contributed by atoms with E-state index in [1.807, 2.05) is 20.8 Å². The largest absolute Gasteiger partial charge is 0.371 e. The molecule has 1 aromatic rings. The van der Waals surface area contributed by atoms with Gasteiger partial charge in [0.05, 0.1) is 5.69 Å². The number of aromatic amines is 1. The number of aromatic nitrogens is 2. The van der Waals surface area contributed by atoms with E-state index in [1.165, 1.54) is 6.07 Å². The number of nitrogens with zero attached hydrogens (tertiary/aromatic N) is 1. The van der Waals surface area contributed by atoms with Gasteiger partial charge in [0.25, 0.3) is 5.56 Å². The third-order valence-electron chi connectivity index (χ3n) is 2.17. The van der Waals surface area contributed by atoms with Crippen molar-refractivity contribution in [1.29, 1.82) is 0 Å². The molecule has 0 bridgehead atoms. The van der Waals surface area contributed by atoms with Crippen molar-refractivity contribution >= 4 is 0 Å². The second-order valence-electron chi connectivity index (χ2n) is 3.50. The van der Waals surface area contributed by atoms with Gasteiger partial charge in [0, 0.05) is 19.2 Å². The summed E-state index contributed by atoms with van der Waals surface area (Å²) in [6, 6.07) is 1.50. The van der Waals surface area contributed by atoms with E-state index in [0.29, 0.717) is 19.0 Å². The zero-order valence-electron chi connectivity index (χ0n) is 10.0. The predicted molar refractivity (Wildman–Crippen MR) is 62.3 cm³/mol. The lowest BCUT2D eigenvalue weighted by molar-refractivity contribution is 0.0697. The van der Waals surface area contributed by atoms with Crippen LogP contribution in [-0.2, 0) is 11.3 Å². The monoisotopic (exact) mass is 225 g/mol. The maximum Gasteiger partial charge on any atom is 0.251 e. The van der Waals surface area contributed by atoms with Crippen molar-refractivity contribution in [1.82, 2.24) is 15.3 Å². The van der Waals surface area contributed by atoms with Crippen LogP contribution in [-0.4, -0.2) is 23.1 Å². The Morgan fingerprint density at radius 1 is 1.56 bits per heavy atom. The summed E-state index contributed by atoms with van der Waals surface area (Å²) >= 11 is 0. The van der Waals surface area contributed by atoms with E-state index in [4.69, 9.17) is 4.74 Å². The van der Waals surface area contributed by atoms with E-state index in [2.05, 4.69) is 15.3 Å². The lowest BCUT2D eigenvalue weighted by Gasteiger charge is -2.11. The van der Waals surface area contributed by atoms with Crippen molar-refractivity contribution in [3.8, 4) is 0 Å². The number of hydrogen-bond acceptors (Lipinski definition) is 4. The quantitative estimate of drug-likeness (QED) is 0.757. The van der Waals surface area contributed by atoms with E-state index in [9.17, 15) is 4.79 Å². The second kappa shape index (κ2) is 6.40. The van der Waals surface area contributed by atoms with Crippen LogP contribution in [0.3, 0.4) is 0 Å². The molecule has 0 fully saturated rings. The molecular weight excluding hydrogens is 206 g/mol. The molecule has 2 N–H and O–H groups in total. The standard InChI is InChI=1S/C11H19N3O2/c1-4-12-7-9-6-10(15)14-11(13-9)8(3)16-5-2/h6,8,12H,4-5,7H2,1-3H3,(H,13,14,15). The van der Waals surface area contributed by atoms with Crippen LogP contribution >= 0.6 is 0 Å². The van der Waals surface area contributed by atoms with Gasteiger partial charge in [-0.3, -0.25) is 4.79 Å². The van der Waals surface area contributed by atoms with Crippen molar-refractivity contribution in [3.63, 3.8) is 0 Å².